The van der Waals surface area contributed by atoms with Gasteiger partial charge in [0.15, 0.2) is 8.32 Å². The van der Waals surface area contributed by atoms with Gasteiger partial charge >= 0.3 is 5.97 Å². The Hall–Kier alpha value is -0.653. The molecule has 4 aliphatic carbocycles. The summed E-state index contributed by atoms with van der Waals surface area (Å²) >= 11 is 0. The summed E-state index contributed by atoms with van der Waals surface area (Å²) in [4.78, 5) is 11.6. The summed E-state index contributed by atoms with van der Waals surface area (Å²) < 4.78 is 12.2. The van der Waals surface area contributed by atoms with Crippen LogP contribution in [-0.4, -0.2) is 38.2 Å². The van der Waals surface area contributed by atoms with Gasteiger partial charge in [0.05, 0.1) is 12.7 Å². The van der Waals surface area contributed by atoms with Crippen LogP contribution in [0.1, 0.15) is 65.2 Å². The number of aliphatic hydroxyl groups excluding tert-OH is 1. The van der Waals surface area contributed by atoms with Crippen molar-refractivity contribution in [1.82, 2.24) is 0 Å². The Morgan fingerprint density at radius 3 is 2.55 bits per heavy atom. The number of hydrogen-bond donors (Lipinski definition) is 1. The van der Waals surface area contributed by atoms with Crippen LogP contribution in [0.15, 0.2) is 11.6 Å². The molecule has 0 saturated heterocycles. The first-order valence-electron chi connectivity index (χ1n) is 11.8. The Bertz CT molecular complexity index is 683. The van der Waals surface area contributed by atoms with Gasteiger partial charge in [0.1, 0.15) is 6.10 Å². The third kappa shape index (κ3) is 3.65. The van der Waals surface area contributed by atoms with Crippen LogP contribution >= 0.6 is 0 Å². The lowest BCUT2D eigenvalue weighted by atomic mass is 9.47. The highest BCUT2D eigenvalue weighted by molar-refractivity contribution is 6.69. The maximum absolute atomic E-state index is 11.6. The first-order valence-corrected chi connectivity index (χ1v) is 15.2. The molecule has 7 atom stereocenters. The van der Waals surface area contributed by atoms with Crippen molar-refractivity contribution in [3.8, 4) is 0 Å². The Labute approximate surface area is 177 Å². The summed E-state index contributed by atoms with van der Waals surface area (Å²) in [6, 6.07) is 0. The number of rotatable bonds is 4. The molecule has 0 heterocycles. The lowest BCUT2D eigenvalue weighted by molar-refractivity contribution is -0.158. The fourth-order valence-corrected chi connectivity index (χ4v) is 8.77. The first kappa shape index (κ1) is 21.6. The van der Waals surface area contributed by atoms with E-state index in [1.807, 2.05) is 0 Å². The van der Waals surface area contributed by atoms with Gasteiger partial charge in [-0.25, -0.2) is 0 Å². The Balaban J connectivity index is 1.58. The number of ether oxygens (including phenoxy) is 1. The lowest BCUT2D eigenvalue weighted by Gasteiger charge is -2.59. The normalized spacial score (nSPS) is 44.3. The molecule has 5 heteroatoms. The van der Waals surface area contributed by atoms with E-state index in [4.69, 9.17) is 9.16 Å². The molecule has 0 aromatic heterocycles. The molecule has 29 heavy (non-hydrogen) atoms. The lowest BCUT2D eigenvalue weighted by Crippen LogP contribution is -2.54. The maximum atomic E-state index is 11.6. The highest BCUT2D eigenvalue weighted by Crippen LogP contribution is 2.65. The summed E-state index contributed by atoms with van der Waals surface area (Å²) in [7, 11) is -1.57. The molecule has 0 bridgehead atoms. The highest BCUT2D eigenvalue weighted by Gasteiger charge is 2.61. The van der Waals surface area contributed by atoms with E-state index in [0.717, 1.165) is 44.9 Å². The van der Waals surface area contributed by atoms with Crippen LogP contribution in [0.4, 0.5) is 0 Å². The average molecular weight is 421 g/mol. The number of esters is 1. The monoisotopic (exact) mass is 420 g/mol. The summed E-state index contributed by atoms with van der Waals surface area (Å²) in [6.07, 6.45) is 11.5. The van der Waals surface area contributed by atoms with E-state index in [-0.39, 0.29) is 35.6 Å². The second-order valence-electron chi connectivity index (χ2n) is 11.4. The fraction of sp³-hybridized carbons (Fsp3) is 0.875. The van der Waals surface area contributed by atoms with Gasteiger partial charge in [0.2, 0.25) is 0 Å². The van der Waals surface area contributed by atoms with Gasteiger partial charge in [0.25, 0.3) is 0 Å². The Morgan fingerprint density at radius 1 is 1.14 bits per heavy atom. The Kier molecular flexibility index (Phi) is 5.57. The summed E-state index contributed by atoms with van der Waals surface area (Å²) in [5.41, 5.74) is 1.56. The van der Waals surface area contributed by atoms with Crippen molar-refractivity contribution < 1.29 is 19.1 Å². The molecular weight excluding hydrogens is 380 g/mol. The van der Waals surface area contributed by atoms with Gasteiger partial charge in [-0.2, -0.15) is 0 Å². The van der Waals surface area contributed by atoms with E-state index >= 15 is 0 Å². The van der Waals surface area contributed by atoms with E-state index < -0.39 is 8.32 Å². The molecule has 3 fully saturated rings. The van der Waals surface area contributed by atoms with E-state index in [2.05, 4.69) is 32.6 Å². The van der Waals surface area contributed by atoms with E-state index in [1.54, 1.807) is 6.92 Å². The third-order valence-corrected chi connectivity index (χ3v) is 9.81. The predicted octanol–water partition coefficient (Wildman–Crippen LogP) is 5.07. The standard InChI is InChI=1S/C24H40O4Si/c1-16(26)27-22-9-8-20-19-7-6-17-14-18(28-29(3,4)5)10-13-24(17,15-25)21(19)11-12-23(20,22)2/h14,18-22,25H,6-13,15H2,1-5H3/t18-,19-,20-,21-,22-,23-,24+/m0/s1. The zero-order valence-electron chi connectivity index (χ0n) is 19.0. The molecule has 0 aromatic rings. The molecule has 4 aliphatic rings. The molecule has 4 rings (SSSR count). The van der Waals surface area contributed by atoms with Crippen molar-refractivity contribution in [2.24, 2.45) is 28.6 Å². The van der Waals surface area contributed by atoms with Crippen LogP contribution in [0.25, 0.3) is 0 Å². The quantitative estimate of drug-likeness (QED) is 0.392. The minimum absolute atomic E-state index is 0.0386. The number of aliphatic hydroxyl groups is 1. The second kappa shape index (κ2) is 7.49. The van der Waals surface area contributed by atoms with Crippen molar-refractivity contribution in [3.05, 3.63) is 11.6 Å². The van der Waals surface area contributed by atoms with Crippen molar-refractivity contribution in [2.45, 2.75) is 97.1 Å². The molecule has 0 spiro atoms. The number of hydrogen-bond acceptors (Lipinski definition) is 4. The van der Waals surface area contributed by atoms with Gasteiger partial charge < -0.3 is 14.3 Å². The van der Waals surface area contributed by atoms with Crippen LogP contribution in [0.2, 0.25) is 19.6 Å². The highest BCUT2D eigenvalue weighted by atomic mass is 28.4. The maximum Gasteiger partial charge on any atom is 0.302 e. The second-order valence-corrected chi connectivity index (χ2v) is 15.9. The van der Waals surface area contributed by atoms with Crippen molar-refractivity contribution in [2.75, 3.05) is 6.61 Å². The van der Waals surface area contributed by atoms with Crippen molar-refractivity contribution >= 4 is 14.3 Å². The van der Waals surface area contributed by atoms with Crippen LogP contribution < -0.4 is 0 Å². The summed E-state index contributed by atoms with van der Waals surface area (Å²) in [5.74, 6) is 1.69. The molecule has 0 amide bonds. The zero-order chi connectivity index (χ0) is 21.0. The number of fused-ring (bicyclic) bond motifs is 5. The largest absolute Gasteiger partial charge is 0.462 e. The van der Waals surface area contributed by atoms with E-state index in [1.165, 1.54) is 12.0 Å². The molecule has 1 N–H and O–H groups in total. The van der Waals surface area contributed by atoms with E-state index in [9.17, 15) is 9.90 Å². The van der Waals surface area contributed by atoms with Crippen LogP contribution in [0, 0.1) is 28.6 Å². The zero-order valence-corrected chi connectivity index (χ0v) is 20.0. The van der Waals surface area contributed by atoms with Gasteiger partial charge in [-0.15, -0.1) is 0 Å². The summed E-state index contributed by atoms with van der Waals surface area (Å²) in [5, 5.41) is 10.7. The smallest absolute Gasteiger partial charge is 0.302 e. The Morgan fingerprint density at radius 2 is 1.90 bits per heavy atom. The first-order chi connectivity index (χ1) is 13.6. The minimum atomic E-state index is -1.57. The van der Waals surface area contributed by atoms with Crippen molar-refractivity contribution in [3.63, 3.8) is 0 Å². The third-order valence-electron chi connectivity index (χ3n) is 8.80. The molecule has 0 aliphatic heterocycles. The predicted molar refractivity (Wildman–Crippen MR) is 117 cm³/mol. The molecule has 164 valence electrons. The molecule has 4 nitrogen and oxygen atoms in total. The molecule has 0 aromatic carbocycles. The SMILES string of the molecule is CC(=O)O[C@H]1CC[C@H]2[C@@H]3CCC4=C[C@@H](O[Si](C)(C)C)CC[C@]4(CO)[C@H]3CC[C@]12C. The molecule has 0 unspecified atom stereocenters. The van der Waals surface area contributed by atoms with Crippen LogP contribution in [0.3, 0.4) is 0 Å². The van der Waals surface area contributed by atoms with Gasteiger partial charge in [-0.1, -0.05) is 18.6 Å². The van der Waals surface area contributed by atoms with Gasteiger partial charge in [0, 0.05) is 17.8 Å². The molecule has 3 saturated carbocycles. The minimum Gasteiger partial charge on any atom is -0.462 e. The number of carbonyl (C=O) groups is 1. The molecule has 0 radical (unpaired) electrons. The fourth-order valence-electron chi connectivity index (χ4n) is 7.68. The van der Waals surface area contributed by atoms with Gasteiger partial charge in [-0.3, -0.25) is 4.79 Å². The van der Waals surface area contributed by atoms with Crippen LogP contribution in [0.5, 0.6) is 0 Å². The topological polar surface area (TPSA) is 55.8 Å². The number of carbonyl (C=O) groups excluding carboxylic acids is 1. The van der Waals surface area contributed by atoms with Gasteiger partial charge in [-0.05, 0) is 88.8 Å². The van der Waals surface area contributed by atoms with Crippen LogP contribution in [-0.2, 0) is 14.0 Å². The van der Waals surface area contributed by atoms with Crippen molar-refractivity contribution in [1.29, 1.82) is 0 Å². The van der Waals surface area contributed by atoms with E-state index in [0.29, 0.717) is 17.8 Å². The average Bonchev–Trinajstić information content (AvgIpc) is 2.96. The molecular formula is C24H40O4Si. The summed E-state index contributed by atoms with van der Waals surface area (Å²) in [6.45, 7) is 11.0.